The number of hydrogen-bond donors (Lipinski definition) is 2. The lowest BCUT2D eigenvalue weighted by Crippen LogP contribution is -2.39. The molecule has 2 N–H and O–H groups in total. The zero-order valence-corrected chi connectivity index (χ0v) is 13.5. The fourth-order valence-corrected chi connectivity index (χ4v) is 3.48. The first kappa shape index (κ1) is 14.8. The van der Waals surface area contributed by atoms with Crippen molar-refractivity contribution in [1.82, 2.24) is 20.2 Å². The molecule has 1 fully saturated rings. The number of amides is 1. The monoisotopic (exact) mass is 320 g/mol. The summed E-state index contributed by atoms with van der Waals surface area (Å²) >= 11 is 0. The van der Waals surface area contributed by atoms with Crippen LogP contribution in [0.3, 0.4) is 0 Å². The summed E-state index contributed by atoms with van der Waals surface area (Å²) in [7, 11) is 0. The molecule has 2 aromatic heterocycles. The van der Waals surface area contributed by atoms with Gasteiger partial charge in [-0.15, -0.1) is 0 Å². The minimum absolute atomic E-state index is 0.0882. The maximum absolute atomic E-state index is 12.6. The average molecular weight is 320 g/mol. The number of piperidine rings is 1. The number of nitrogens with one attached hydrogen (secondary N) is 2. The van der Waals surface area contributed by atoms with E-state index >= 15 is 0 Å². The second kappa shape index (κ2) is 6.00. The van der Waals surface area contributed by atoms with E-state index < -0.39 is 0 Å². The van der Waals surface area contributed by atoms with Crippen molar-refractivity contribution in [3.63, 3.8) is 0 Å². The predicted octanol–water partition coefficient (Wildman–Crippen LogP) is 2.83. The summed E-state index contributed by atoms with van der Waals surface area (Å²) in [5, 5.41) is 4.20. The van der Waals surface area contributed by atoms with Crippen LogP contribution in [0.15, 0.2) is 60.7 Å². The van der Waals surface area contributed by atoms with Crippen molar-refractivity contribution < 1.29 is 4.79 Å². The molecule has 2 aromatic rings. The van der Waals surface area contributed by atoms with Crippen molar-refractivity contribution in [2.75, 3.05) is 13.1 Å². The number of carbonyl (C=O) groups is 1. The van der Waals surface area contributed by atoms with Crippen LogP contribution in [-0.4, -0.2) is 33.9 Å². The smallest absolute Gasteiger partial charge is 0.255 e. The van der Waals surface area contributed by atoms with Gasteiger partial charge in [-0.25, -0.2) is 4.98 Å². The number of rotatable bonds is 2. The van der Waals surface area contributed by atoms with Gasteiger partial charge in [0.15, 0.2) is 0 Å². The zero-order chi connectivity index (χ0) is 16.5. The Morgan fingerprint density at radius 3 is 2.88 bits per heavy atom. The topological polar surface area (TPSA) is 61.0 Å². The van der Waals surface area contributed by atoms with Crippen molar-refractivity contribution in [3.8, 4) is 0 Å². The van der Waals surface area contributed by atoms with Crippen molar-refractivity contribution in [3.05, 3.63) is 66.3 Å². The van der Waals surface area contributed by atoms with Gasteiger partial charge >= 0.3 is 0 Å². The molecule has 2 aliphatic heterocycles. The van der Waals surface area contributed by atoms with Crippen molar-refractivity contribution in [1.29, 1.82) is 0 Å². The first-order valence-corrected chi connectivity index (χ1v) is 8.27. The molecular weight excluding hydrogens is 300 g/mol. The molecule has 0 radical (unpaired) electrons. The number of aromatic amines is 1. The molecule has 2 aliphatic rings. The minimum Gasteiger partial charge on any atom is -0.361 e. The van der Waals surface area contributed by atoms with Crippen LogP contribution >= 0.6 is 0 Å². The fourth-order valence-electron chi connectivity index (χ4n) is 3.48. The summed E-state index contributed by atoms with van der Waals surface area (Å²) < 4.78 is 0. The summed E-state index contributed by atoms with van der Waals surface area (Å²) in [4.78, 5) is 22.1. The van der Waals surface area contributed by atoms with E-state index in [1.807, 2.05) is 23.1 Å². The van der Waals surface area contributed by atoms with E-state index in [4.69, 9.17) is 0 Å². The Kier molecular flexibility index (Phi) is 3.69. The second-order valence-corrected chi connectivity index (χ2v) is 6.31. The Balaban J connectivity index is 1.44. The highest BCUT2D eigenvalue weighted by atomic mass is 16.2. The summed E-state index contributed by atoms with van der Waals surface area (Å²) in [6, 6.07) is 4.09. The lowest BCUT2D eigenvalue weighted by molar-refractivity contribution is -0.127. The number of H-pyrrole nitrogens is 1. The largest absolute Gasteiger partial charge is 0.361 e. The number of carbonyl (C=O) groups excluding carboxylic acids is 1. The van der Waals surface area contributed by atoms with Crippen molar-refractivity contribution in [2.24, 2.45) is 0 Å². The maximum Gasteiger partial charge on any atom is 0.255 e. The Labute approximate surface area is 140 Å². The predicted molar refractivity (Wildman–Crippen MR) is 94.1 cm³/mol. The molecule has 1 saturated heterocycles. The molecule has 0 aliphatic carbocycles. The van der Waals surface area contributed by atoms with Gasteiger partial charge in [0.1, 0.15) is 5.65 Å². The summed E-state index contributed by atoms with van der Waals surface area (Å²) in [6.07, 6.45) is 11.2. The molecule has 122 valence electrons. The maximum atomic E-state index is 12.6. The molecule has 4 heterocycles. The molecular formula is C19H20N4O. The number of hydrogen-bond acceptors (Lipinski definition) is 3. The highest BCUT2D eigenvalue weighted by molar-refractivity contribution is 5.96. The molecule has 4 rings (SSSR count). The molecule has 1 amide bonds. The fraction of sp³-hybridized carbons (Fsp3) is 0.263. The minimum atomic E-state index is 0.0882. The van der Waals surface area contributed by atoms with E-state index in [9.17, 15) is 4.79 Å². The number of nitrogens with zero attached hydrogens (tertiary/aromatic N) is 2. The molecule has 5 heteroatoms. The number of likely N-dealkylation sites (tertiary alicyclic amines) is 1. The Morgan fingerprint density at radius 1 is 1.29 bits per heavy atom. The van der Waals surface area contributed by atoms with Gasteiger partial charge in [-0.05, 0) is 48.6 Å². The van der Waals surface area contributed by atoms with Crippen molar-refractivity contribution in [2.45, 2.75) is 18.8 Å². The number of allylic oxidation sites excluding steroid dienone is 1. The zero-order valence-electron chi connectivity index (χ0n) is 13.5. The van der Waals surface area contributed by atoms with E-state index in [2.05, 4.69) is 34.1 Å². The van der Waals surface area contributed by atoms with Crippen molar-refractivity contribution >= 4 is 16.9 Å². The summed E-state index contributed by atoms with van der Waals surface area (Å²) in [5.74, 6) is 0.561. The number of fused-ring (bicyclic) bond motifs is 1. The quantitative estimate of drug-likeness (QED) is 0.894. The molecule has 0 bridgehead atoms. The van der Waals surface area contributed by atoms with Gasteiger partial charge in [-0.1, -0.05) is 6.58 Å². The molecule has 0 unspecified atom stereocenters. The third-order valence-electron chi connectivity index (χ3n) is 4.83. The summed E-state index contributed by atoms with van der Waals surface area (Å²) in [5.41, 5.74) is 3.75. The van der Waals surface area contributed by atoms with Crippen LogP contribution in [0.2, 0.25) is 0 Å². The Hall–Kier alpha value is -2.82. The van der Waals surface area contributed by atoms with Crippen LogP contribution in [0.1, 0.15) is 24.3 Å². The van der Waals surface area contributed by atoms with Gasteiger partial charge in [-0.2, -0.15) is 0 Å². The van der Waals surface area contributed by atoms with E-state index in [1.54, 1.807) is 12.4 Å². The average Bonchev–Trinajstić information content (AvgIpc) is 3.06. The van der Waals surface area contributed by atoms with Crippen LogP contribution in [0.25, 0.3) is 11.0 Å². The Morgan fingerprint density at radius 2 is 2.12 bits per heavy atom. The first-order valence-electron chi connectivity index (χ1n) is 8.27. The molecule has 0 atom stereocenters. The first-order chi connectivity index (χ1) is 11.7. The third kappa shape index (κ3) is 2.62. The van der Waals surface area contributed by atoms with Gasteiger partial charge in [0.05, 0.1) is 5.57 Å². The van der Waals surface area contributed by atoms with Crippen LogP contribution in [0.4, 0.5) is 0 Å². The normalized spacial score (nSPS) is 18.6. The Bertz CT molecular complexity index is 853. The van der Waals surface area contributed by atoms with Gasteiger partial charge < -0.3 is 15.2 Å². The van der Waals surface area contributed by atoms with E-state index in [0.717, 1.165) is 37.3 Å². The van der Waals surface area contributed by atoms with Crippen LogP contribution < -0.4 is 5.32 Å². The van der Waals surface area contributed by atoms with E-state index in [-0.39, 0.29) is 5.91 Å². The van der Waals surface area contributed by atoms with Gasteiger partial charge in [0.25, 0.3) is 5.91 Å². The van der Waals surface area contributed by atoms with Gasteiger partial charge in [0.2, 0.25) is 0 Å². The SMILES string of the molecule is C=C1C=CC(C(=O)N2CCC(c3c[nH]c4ncccc34)CC2)=CN1. The molecule has 0 saturated carbocycles. The van der Waals surface area contributed by atoms with Crippen LogP contribution in [-0.2, 0) is 4.79 Å². The van der Waals surface area contributed by atoms with Gasteiger partial charge in [-0.3, -0.25) is 4.79 Å². The highest BCUT2D eigenvalue weighted by Crippen LogP contribution is 2.32. The molecule has 0 spiro atoms. The number of aromatic nitrogens is 2. The highest BCUT2D eigenvalue weighted by Gasteiger charge is 2.26. The molecule has 24 heavy (non-hydrogen) atoms. The lowest BCUT2D eigenvalue weighted by atomic mass is 9.89. The third-order valence-corrected chi connectivity index (χ3v) is 4.83. The number of pyridine rings is 1. The van der Waals surface area contributed by atoms with Crippen LogP contribution in [0, 0.1) is 0 Å². The lowest BCUT2D eigenvalue weighted by Gasteiger charge is -2.32. The molecule has 0 aromatic carbocycles. The van der Waals surface area contributed by atoms with Crippen LogP contribution in [0.5, 0.6) is 0 Å². The number of dihydropyridines is 1. The standard InChI is InChI=1S/C19H20N4O/c1-13-4-5-15(11-21-13)19(24)23-9-6-14(7-10-23)17-12-22-18-16(17)3-2-8-20-18/h2-5,8,11-12,14,21H,1,6-7,9-10H2,(H,20,22). The summed E-state index contributed by atoms with van der Waals surface area (Å²) in [6.45, 7) is 5.37. The second-order valence-electron chi connectivity index (χ2n) is 6.31. The van der Waals surface area contributed by atoms with E-state index in [0.29, 0.717) is 11.5 Å². The van der Waals surface area contributed by atoms with Gasteiger partial charge in [0, 0.05) is 42.8 Å². The molecule has 5 nitrogen and oxygen atoms in total. The van der Waals surface area contributed by atoms with E-state index in [1.165, 1.54) is 10.9 Å².